The molecule has 6 nitrogen and oxygen atoms in total. The number of ether oxygens (including phenoxy) is 2. The summed E-state index contributed by atoms with van der Waals surface area (Å²) < 4.78 is 10.7. The zero-order chi connectivity index (χ0) is 24.3. The number of rotatable bonds is 4. The third kappa shape index (κ3) is 3.36. The molecular formula is C28H38N2O4. The van der Waals surface area contributed by atoms with Gasteiger partial charge in [-0.25, -0.2) is 0 Å². The normalized spacial score (nSPS) is 38.6. The molecule has 1 aromatic rings. The lowest BCUT2D eigenvalue weighted by atomic mass is 9.48. The number of nitrogens with one attached hydrogen (secondary N) is 1. The fraction of sp³-hybridized carbons (Fsp3) is 0.643. The Hall–Kier alpha value is -2.50. The second-order valence-electron chi connectivity index (χ2n) is 11.3. The number of carbonyl (C=O) groups is 2. The Balaban J connectivity index is 1.34. The van der Waals surface area contributed by atoms with E-state index in [1.54, 1.807) is 38.5 Å². The molecule has 1 heterocycles. The van der Waals surface area contributed by atoms with Gasteiger partial charge in [-0.15, -0.1) is 0 Å². The minimum absolute atomic E-state index is 0.0408. The molecule has 0 saturated heterocycles. The first-order valence-electron chi connectivity index (χ1n) is 12.7. The zero-order valence-electron chi connectivity index (χ0n) is 21.1. The van der Waals surface area contributed by atoms with E-state index in [2.05, 4.69) is 25.2 Å². The Labute approximate surface area is 203 Å². The highest BCUT2D eigenvalue weighted by molar-refractivity contribution is 5.95. The van der Waals surface area contributed by atoms with Gasteiger partial charge in [0.2, 0.25) is 5.91 Å². The van der Waals surface area contributed by atoms with Gasteiger partial charge in [0.15, 0.2) is 11.5 Å². The van der Waals surface area contributed by atoms with Crippen LogP contribution in [0.15, 0.2) is 30.4 Å². The van der Waals surface area contributed by atoms with Crippen molar-refractivity contribution in [3.05, 3.63) is 35.9 Å². The zero-order valence-corrected chi connectivity index (χ0v) is 21.1. The van der Waals surface area contributed by atoms with Crippen LogP contribution in [0.1, 0.15) is 62.7 Å². The molecule has 7 atom stereocenters. The molecule has 3 fully saturated rings. The second-order valence-corrected chi connectivity index (χ2v) is 11.3. The van der Waals surface area contributed by atoms with E-state index in [1.165, 1.54) is 6.42 Å². The predicted octanol–water partition coefficient (Wildman–Crippen LogP) is 4.44. The number of amides is 2. The fourth-order valence-corrected chi connectivity index (χ4v) is 8.19. The second kappa shape index (κ2) is 8.31. The van der Waals surface area contributed by atoms with Crippen LogP contribution in [-0.2, 0) is 4.79 Å². The summed E-state index contributed by atoms with van der Waals surface area (Å²) in [4.78, 5) is 27.5. The van der Waals surface area contributed by atoms with Gasteiger partial charge in [0.05, 0.1) is 14.2 Å². The van der Waals surface area contributed by atoms with E-state index in [4.69, 9.17) is 9.47 Å². The molecule has 0 spiro atoms. The maximum atomic E-state index is 13.2. The van der Waals surface area contributed by atoms with Crippen molar-refractivity contribution in [2.24, 2.45) is 28.6 Å². The quantitative estimate of drug-likeness (QED) is 0.712. The van der Waals surface area contributed by atoms with Crippen molar-refractivity contribution in [2.75, 3.05) is 21.3 Å². The van der Waals surface area contributed by atoms with Gasteiger partial charge in [-0.1, -0.05) is 19.9 Å². The molecule has 3 saturated carbocycles. The maximum absolute atomic E-state index is 13.2. The third-order valence-electron chi connectivity index (χ3n) is 10.1. The van der Waals surface area contributed by atoms with Crippen LogP contribution in [0.3, 0.4) is 0 Å². The highest BCUT2D eigenvalue weighted by atomic mass is 16.5. The van der Waals surface area contributed by atoms with Gasteiger partial charge in [-0.05, 0) is 86.0 Å². The lowest BCUT2D eigenvalue weighted by Crippen LogP contribution is -2.60. The monoisotopic (exact) mass is 466 g/mol. The summed E-state index contributed by atoms with van der Waals surface area (Å²) >= 11 is 0. The molecule has 1 aromatic carbocycles. The van der Waals surface area contributed by atoms with Gasteiger partial charge >= 0.3 is 0 Å². The molecule has 4 aliphatic rings. The summed E-state index contributed by atoms with van der Waals surface area (Å²) in [6, 6.07) is 5.83. The maximum Gasteiger partial charge on any atom is 0.251 e. The number of likely N-dealkylation sites (N-methyl/N-ethyl adjacent to an activating group) is 1. The standard InChI is InChI=1S/C28H38N2O4/c1-27-14-12-20-18(7-11-24-28(20,2)15-13-25(31)30(24)3)19(27)8-10-23(27)29-26(32)17-6-9-21(33-4)22(16-17)34-5/h6,9,13,15-16,18-20,23-24H,7-8,10-12,14H2,1-5H3,(H,29,32)/t18-,19-,20-,23?,24+,27-,28+/m0/s1. The van der Waals surface area contributed by atoms with E-state index in [-0.39, 0.29) is 28.7 Å². The fourth-order valence-electron chi connectivity index (χ4n) is 8.19. The van der Waals surface area contributed by atoms with Gasteiger partial charge in [0, 0.05) is 30.1 Å². The summed E-state index contributed by atoms with van der Waals surface area (Å²) in [6.07, 6.45) is 10.7. The van der Waals surface area contributed by atoms with Gasteiger partial charge in [-0.2, -0.15) is 0 Å². The lowest BCUT2D eigenvalue weighted by Gasteiger charge is -2.60. The van der Waals surface area contributed by atoms with Gasteiger partial charge in [-0.3, -0.25) is 9.59 Å². The van der Waals surface area contributed by atoms with Gasteiger partial charge in [0.25, 0.3) is 5.91 Å². The van der Waals surface area contributed by atoms with Gasteiger partial charge < -0.3 is 19.7 Å². The van der Waals surface area contributed by atoms with Crippen LogP contribution < -0.4 is 14.8 Å². The number of benzene rings is 1. The summed E-state index contributed by atoms with van der Waals surface area (Å²) in [6.45, 7) is 4.78. The summed E-state index contributed by atoms with van der Waals surface area (Å²) in [5.41, 5.74) is 0.761. The molecule has 34 heavy (non-hydrogen) atoms. The molecule has 184 valence electrons. The smallest absolute Gasteiger partial charge is 0.251 e. The van der Waals surface area contributed by atoms with Crippen LogP contribution in [0.5, 0.6) is 11.5 Å². The molecule has 0 radical (unpaired) electrons. The first-order chi connectivity index (χ1) is 16.2. The van der Waals surface area contributed by atoms with Crippen LogP contribution in [0.4, 0.5) is 0 Å². The van der Waals surface area contributed by atoms with Crippen molar-refractivity contribution in [3.8, 4) is 11.5 Å². The number of hydrogen-bond donors (Lipinski definition) is 1. The SMILES string of the molecule is COc1ccc(C(=O)NC2CC[C@H]3[C@@H]4CC[C@H]5N(C)C(=O)C=C[C@]5(C)[C@H]4CC[C@]23C)cc1OC. The highest BCUT2D eigenvalue weighted by Crippen LogP contribution is 2.63. The molecule has 1 unspecified atom stereocenters. The molecule has 5 rings (SSSR count). The lowest BCUT2D eigenvalue weighted by molar-refractivity contribution is -0.138. The topological polar surface area (TPSA) is 67.9 Å². The Morgan fingerprint density at radius 2 is 1.79 bits per heavy atom. The molecular weight excluding hydrogens is 428 g/mol. The van der Waals surface area contributed by atoms with Crippen molar-refractivity contribution >= 4 is 11.8 Å². The number of carbonyl (C=O) groups excluding carboxylic acids is 2. The largest absolute Gasteiger partial charge is 0.493 e. The van der Waals surface area contributed by atoms with E-state index >= 15 is 0 Å². The van der Waals surface area contributed by atoms with E-state index in [1.807, 2.05) is 11.9 Å². The van der Waals surface area contributed by atoms with Crippen molar-refractivity contribution in [2.45, 2.75) is 64.5 Å². The first kappa shape index (κ1) is 23.3. The van der Waals surface area contributed by atoms with E-state index in [0.717, 1.165) is 32.1 Å². The van der Waals surface area contributed by atoms with Crippen LogP contribution >= 0.6 is 0 Å². The Morgan fingerprint density at radius 1 is 1.03 bits per heavy atom. The average molecular weight is 467 g/mol. The summed E-state index contributed by atoms with van der Waals surface area (Å²) in [5, 5.41) is 3.40. The first-order valence-corrected chi connectivity index (χ1v) is 12.7. The Bertz CT molecular complexity index is 1020. The number of hydrogen-bond acceptors (Lipinski definition) is 4. The third-order valence-corrected chi connectivity index (χ3v) is 10.1. The summed E-state index contributed by atoms with van der Waals surface area (Å²) in [7, 11) is 5.16. The molecule has 2 amide bonds. The Morgan fingerprint density at radius 3 is 2.53 bits per heavy atom. The summed E-state index contributed by atoms with van der Waals surface area (Å²) in [5.74, 6) is 3.14. The van der Waals surface area contributed by atoms with Crippen LogP contribution in [-0.4, -0.2) is 50.1 Å². The highest BCUT2D eigenvalue weighted by Gasteiger charge is 2.60. The van der Waals surface area contributed by atoms with E-state index < -0.39 is 0 Å². The molecule has 0 bridgehead atoms. The van der Waals surface area contributed by atoms with Crippen molar-refractivity contribution in [3.63, 3.8) is 0 Å². The van der Waals surface area contributed by atoms with E-state index in [0.29, 0.717) is 40.9 Å². The van der Waals surface area contributed by atoms with Crippen molar-refractivity contribution in [1.29, 1.82) is 0 Å². The van der Waals surface area contributed by atoms with Crippen molar-refractivity contribution in [1.82, 2.24) is 10.2 Å². The van der Waals surface area contributed by atoms with Crippen molar-refractivity contribution < 1.29 is 19.1 Å². The Kier molecular flexibility index (Phi) is 5.69. The molecule has 6 heteroatoms. The number of fused-ring (bicyclic) bond motifs is 5. The van der Waals surface area contributed by atoms with E-state index in [9.17, 15) is 9.59 Å². The minimum Gasteiger partial charge on any atom is -0.493 e. The number of nitrogens with zero attached hydrogens (tertiary/aromatic N) is 1. The molecule has 0 aromatic heterocycles. The molecule has 1 N–H and O–H groups in total. The van der Waals surface area contributed by atoms with Crippen LogP contribution in [0, 0.1) is 28.6 Å². The predicted molar refractivity (Wildman–Crippen MR) is 131 cm³/mol. The molecule has 1 aliphatic heterocycles. The number of methoxy groups -OCH3 is 2. The molecule has 3 aliphatic carbocycles. The minimum atomic E-state index is -0.0408. The van der Waals surface area contributed by atoms with Crippen LogP contribution in [0.25, 0.3) is 0 Å². The van der Waals surface area contributed by atoms with Crippen LogP contribution in [0.2, 0.25) is 0 Å². The van der Waals surface area contributed by atoms with Gasteiger partial charge in [0.1, 0.15) is 0 Å². The average Bonchev–Trinajstić information content (AvgIpc) is 3.17.